The van der Waals surface area contributed by atoms with E-state index in [1.807, 2.05) is 19.2 Å². The van der Waals surface area contributed by atoms with Gasteiger partial charge in [0, 0.05) is 10.5 Å². The Balaban J connectivity index is 2.35. The Kier molecular flexibility index (Phi) is 3.74. The Morgan fingerprint density at radius 2 is 1.79 bits per heavy atom. The van der Waals surface area contributed by atoms with Crippen molar-refractivity contribution in [2.75, 3.05) is 14.2 Å². The van der Waals surface area contributed by atoms with E-state index < -0.39 is 0 Å². The van der Waals surface area contributed by atoms with Crippen molar-refractivity contribution in [1.29, 1.82) is 0 Å². The van der Waals surface area contributed by atoms with E-state index in [9.17, 15) is 0 Å². The summed E-state index contributed by atoms with van der Waals surface area (Å²) < 4.78 is 6.39. The summed E-state index contributed by atoms with van der Waals surface area (Å²) in [4.78, 5) is 0. The van der Waals surface area contributed by atoms with Gasteiger partial charge >= 0.3 is 0 Å². The van der Waals surface area contributed by atoms with Gasteiger partial charge in [0.25, 0.3) is 0 Å². The molecule has 1 aliphatic carbocycles. The molecule has 1 unspecified atom stereocenters. The summed E-state index contributed by atoms with van der Waals surface area (Å²) in [7, 11) is 3.75. The number of hydrogen-bond donors (Lipinski definition) is 1. The van der Waals surface area contributed by atoms with Gasteiger partial charge in [-0.1, -0.05) is 49.7 Å². The average Bonchev–Trinajstić information content (AvgIpc) is 2.74. The summed E-state index contributed by atoms with van der Waals surface area (Å²) in [6, 6.07) is 6.61. The third kappa shape index (κ3) is 2.21. The fourth-order valence-corrected chi connectivity index (χ4v) is 4.07. The Bertz CT molecular complexity index is 468. The predicted molar refractivity (Wildman–Crippen MR) is 83.5 cm³/mol. The van der Waals surface area contributed by atoms with Gasteiger partial charge in [0.05, 0.1) is 7.11 Å². The smallest absolute Gasteiger partial charge is 0.120 e. The fourth-order valence-electron chi connectivity index (χ4n) is 3.47. The number of ether oxygens (including phenoxy) is 1. The molecule has 1 aromatic carbocycles. The number of hydrogen-bond acceptors (Lipinski definition) is 2. The summed E-state index contributed by atoms with van der Waals surface area (Å²) >= 11 is 3.68. The van der Waals surface area contributed by atoms with Crippen LogP contribution in [0.1, 0.15) is 39.3 Å². The van der Waals surface area contributed by atoms with E-state index in [1.165, 1.54) is 5.56 Å². The SMILES string of the molecule is CNC(c1ccc(OC)cc1Br)C1C(C)(C)C1(C)C. The largest absolute Gasteiger partial charge is 0.497 e. The molecule has 1 fully saturated rings. The van der Waals surface area contributed by atoms with Gasteiger partial charge in [0.15, 0.2) is 0 Å². The molecular formula is C16H24BrNO. The quantitative estimate of drug-likeness (QED) is 0.885. The van der Waals surface area contributed by atoms with Gasteiger partial charge in [-0.15, -0.1) is 0 Å². The van der Waals surface area contributed by atoms with Crippen LogP contribution in [0.2, 0.25) is 0 Å². The first-order valence-electron chi connectivity index (χ1n) is 6.78. The monoisotopic (exact) mass is 325 g/mol. The second-order valence-corrected chi connectivity index (χ2v) is 7.43. The van der Waals surface area contributed by atoms with Crippen molar-refractivity contribution in [3.63, 3.8) is 0 Å². The zero-order valence-electron chi connectivity index (χ0n) is 12.7. The van der Waals surface area contributed by atoms with Gasteiger partial charge in [0.2, 0.25) is 0 Å². The molecule has 0 saturated heterocycles. The van der Waals surface area contributed by atoms with Gasteiger partial charge in [-0.05, 0) is 41.5 Å². The Hall–Kier alpha value is -0.540. The minimum atomic E-state index is 0.361. The van der Waals surface area contributed by atoms with Gasteiger partial charge in [-0.3, -0.25) is 0 Å². The molecule has 1 atom stereocenters. The molecule has 0 amide bonds. The van der Waals surface area contributed by atoms with Crippen LogP contribution in [-0.4, -0.2) is 14.2 Å². The molecule has 1 saturated carbocycles. The van der Waals surface area contributed by atoms with E-state index in [0.717, 1.165) is 10.2 Å². The van der Waals surface area contributed by atoms with Crippen LogP contribution in [0.5, 0.6) is 5.75 Å². The highest BCUT2D eigenvalue weighted by atomic mass is 79.9. The molecule has 0 aromatic heterocycles. The molecule has 1 aromatic rings. The molecule has 3 heteroatoms. The maximum atomic E-state index is 5.27. The van der Waals surface area contributed by atoms with Gasteiger partial charge < -0.3 is 10.1 Å². The summed E-state index contributed by atoms with van der Waals surface area (Å²) in [5, 5.41) is 3.50. The third-order valence-corrected chi connectivity index (χ3v) is 6.01. The Morgan fingerprint density at radius 3 is 2.16 bits per heavy atom. The lowest BCUT2D eigenvalue weighted by molar-refractivity contribution is 0.411. The third-order valence-electron chi connectivity index (χ3n) is 5.32. The molecule has 2 rings (SSSR count). The summed E-state index contributed by atoms with van der Waals surface area (Å²) in [6.45, 7) is 9.44. The minimum Gasteiger partial charge on any atom is -0.497 e. The van der Waals surface area contributed by atoms with Crippen molar-refractivity contribution < 1.29 is 4.74 Å². The summed E-state index contributed by atoms with van der Waals surface area (Å²) in [6.07, 6.45) is 0. The van der Waals surface area contributed by atoms with E-state index in [1.54, 1.807) is 7.11 Å². The van der Waals surface area contributed by atoms with E-state index in [4.69, 9.17) is 4.74 Å². The summed E-state index contributed by atoms with van der Waals surface area (Å²) in [5.41, 5.74) is 2.03. The predicted octanol–water partition coefficient (Wildman–Crippen LogP) is 4.40. The molecule has 1 aliphatic rings. The maximum absolute atomic E-state index is 5.27. The lowest BCUT2D eigenvalue weighted by Crippen LogP contribution is -2.21. The zero-order valence-corrected chi connectivity index (χ0v) is 14.3. The number of halogens is 1. The minimum absolute atomic E-state index is 0.361. The van der Waals surface area contributed by atoms with Crippen LogP contribution in [0.15, 0.2) is 22.7 Å². The van der Waals surface area contributed by atoms with Gasteiger partial charge in [0.1, 0.15) is 5.75 Å². The van der Waals surface area contributed by atoms with Crippen molar-refractivity contribution in [2.24, 2.45) is 16.7 Å². The second-order valence-electron chi connectivity index (χ2n) is 6.57. The van der Waals surface area contributed by atoms with Crippen LogP contribution in [0.4, 0.5) is 0 Å². The van der Waals surface area contributed by atoms with Crippen LogP contribution >= 0.6 is 15.9 Å². The number of rotatable bonds is 4. The molecule has 0 radical (unpaired) electrons. The molecule has 0 aliphatic heterocycles. The van der Waals surface area contributed by atoms with Crippen molar-refractivity contribution in [3.05, 3.63) is 28.2 Å². The lowest BCUT2D eigenvalue weighted by atomic mass is 9.96. The molecule has 106 valence electrons. The van der Waals surface area contributed by atoms with E-state index >= 15 is 0 Å². The van der Waals surface area contributed by atoms with E-state index in [2.05, 4.69) is 55.0 Å². The first-order valence-corrected chi connectivity index (χ1v) is 7.57. The van der Waals surface area contributed by atoms with Gasteiger partial charge in [-0.2, -0.15) is 0 Å². The normalized spacial score (nSPS) is 22.1. The van der Waals surface area contributed by atoms with Crippen molar-refractivity contribution in [3.8, 4) is 5.75 Å². The van der Waals surface area contributed by atoms with Gasteiger partial charge in [-0.25, -0.2) is 0 Å². The van der Waals surface area contributed by atoms with Crippen molar-refractivity contribution in [1.82, 2.24) is 5.32 Å². The highest BCUT2D eigenvalue weighted by Gasteiger charge is 2.67. The fraction of sp³-hybridized carbons (Fsp3) is 0.625. The van der Waals surface area contributed by atoms with Crippen LogP contribution < -0.4 is 10.1 Å². The number of benzene rings is 1. The van der Waals surface area contributed by atoms with E-state index in [0.29, 0.717) is 22.8 Å². The van der Waals surface area contributed by atoms with Crippen LogP contribution in [0, 0.1) is 16.7 Å². The first-order chi connectivity index (χ1) is 8.77. The topological polar surface area (TPSA) is 21.3 Å². The van der Waals surface area contributed by atoms with Crippen LogP contribution in [-0.2, 0) is 0 Å². The highest BCUT2D eigenvalue weighted by Crippen LogP contribution is 2.72. The molecule has 2 nitrogen and oxygen atoms in total. The van der Waals surface area contributed by atoms with E-state index in [-0.39, 0.29) is 0 Å². The molecule has 19 heavy (non-hydrogen) atoms. The Morgan fingerprint density at radius 1 is 1.21 bits per heavy atom. The zero-order chi connectivity index (χ0) is 14.4. The first kappa shape index (κ1) is 14.9. The van der Waals surface area contributed by atoms with Crippen LogP contribution in [0.3, 0.4) is 0 Å². The maximum Gasteiger partial charge on any atom is 0.120 e. The Labute approximate surface area is 125 Å². The second kappa shape index (κ2) is 4.78. The molecule has 0 bridgehead atoms. The molecule has 0 heterocycles. The van der Waals surface area contributed by atoms with Crippen molar-refractivity contribution in [2.45, 2.75) is 33.7 Å². The number of nitrogens with one attached hydrogen (secondary N) is 1. The molecule has 0 spiro atoms. The van der Waals surface area contributed by atoms with Crippen LogP contribution in [0.25, 0.3) is 0 Å². The summed E-state index contributed by atoms with van der Waals surface area (Å²) in [5.74, 6) is 1.52. The lowest BCUT2D eigenvalue weighted by Gasteiger charge is -2.21. The average molecular weight is 326 g/mol. The highest BCUT2D eigenvalue weighted by molar-refractivity contribution is 9.10. The van der Waals surface area contributed by atoms with Crippen molar-refractivity contribution >= 4 is 15.9 Å². The molecular weight excluding hydrogens is 302 g/mol. The molecule has 1 N–H and O–H groups in total. The number of methoxy groups -OCH3 is 1. The standard InChI is InChI=1S/C16H24BrNO/c1-15(2)14(16(15,3)4)13(18-5)11-8-7-10(19-6)9-12(11)17/h7-9,13-14,18H,1-6H3.